The maximum atomic E-state index is 12.8. The molecule has 0 saturated heterocycles. The van der Waals surface area contributed by atoms with Crippen LogP contribution >= 0.6 is 0 Å². The topological polar surface area (TPSA) is 26.3 Å². The van der Waals surface area contributed by atoms with Gasteiger partial charge >= 0.3 is 12.5 Å². The van der Waals surface area contributed by atoms with Gasteiger partial charge in [-0.1, -0.05) is 36.4 Å². The first-order chi connectivity index (χ1) is 10.3. The van der Waals surface area contributed by atoms with Gasteiger partial charge in [0.25, 0.3) is 0 Å². The lowest BCUT2D eigenvalue weighted by atomic mass is 10.0. The Kier molecular flexibility index (Phi) is 4.49. The Bertz CT molecular complexity index is 649. The van der Waals surface area contributed by atoms with Crippen LogP contribution in [0.25, 0.3) is 11.1 Å². The van der Waals surface area contributed by atoms with Crippen LogP contribution < -0.4 is 4.74 Å². The summed E-state index contributed by atoms with van der Waals surface area (Å²) in [6, 6.07) is 12.0. The Morgan fingerprint density at radius 2 is 1.41 bits per heavy atom. The quantitative estimate of drug-likeness (QED) is 0.586. The van der Waals surface area contributed by atoms with E-state index < -0.39 is 12.5 Å². The first-order valence-corrected chi connectivity index (χ1v) is 6.36. The molecule has 2 aromatic carbocycles. The molecular weight excluding hydrogens is 300 g/mol. The molecule has 0 heterocycles. The Balaban J connectivity index is 2.16. The first-order valence-electron chi connectivity index (χ1n) is 6.36. The molecule has 2 nitrogen and oxygen atoms in total. The number of carbonyl (C=O) groups is 1. The molecule has 0 aliphatic carbocycles. The molecule has 0 amide bonds. The smallest absolute Gasteiger partial charge is 0.428 e. The van der Waals surface area contributed by atoms with Gasteiger partial charge in [-0.3, -0.25) is 4.79 Å². The third kappa shape index (κ3) is 3.63. The predicted molar refractivity (Wildman–Crippen MR) is 73.5 cm³/mol. The zero-order valence-electron chi connectivity index (χ0n) is 11.5. The molecule has 0 N–H and O–H groups in total. The highest BCUT2D eigenvalue weighted by molar-refractivity contribution is 5.94. The molecular formula is C16H12F4O2. The van der Waals surface area contributed by atoms with Crippen molar-refractivity contribution >= 4 is 5.78 Å². The van der Waals surface area contributed by atoms with Gasteiger partial charge in [0.05, 0.1) is 0 Å². The summed E-state index contributed by atoms with van der Waals surface area (Å²) < 4.78 is 53.6. The van der Waals surface area contributed by atoms with Crippen molar-refractivity contribution in [2.75, 3.05) is 0 Å². The van der Waals surface area contributed by atoms with E-state index in [0.717, 1.165) is 5.56 Å². The molecule has 0 aliphatic rings. The van der Waals surface area contributed by atoms with Crippen LogP contribution in [0.15, 0.2) is 48.5 Å². The molecule has 0 aliphatic heterocycles. The Morgan fingerprint density at radius 1 is 0.955 bits per heavy atom. The summed E-state index contributed by atoms with van der Waals surface area (Å²) in [5.74, 6) is -0.418. The van der Waals surface area contributed by atoms with Gasteiger partial charge in [-0.2, -0.15) is 17.6 Å². The maximum Gasteiger partial charge on any atom is 0.461 e. The van der Waals surface area contributed by atoms with Crippen LogP contribution in [0, 0.1) is 0 Å². The summed E-state index contributed by atoms with van der Waals surface area (Å²) >= 11 is 0. The number of benzene rings is 2. The average molecular weight is 312 g/mol. The molecule has 0 bridgehead atoms. The van der Waals surface area contributed by atoms with E-state index in [0.29, 0.717) is 11.1 Å². The number of rotatable bonds is 5. The molecule has 0 fully saturated rings. The zero-order valence-corrected chi connectivity index (χ0v) is 11.5. The second kappa shape index (κ2) is 6.17. The molecule has 2 aromatic rings. The number of alkyl halides is 4. The van der Waals surface area contributed by atoms with Crippen LogP contribution in [0.1, 0.15) is 17.3 Å². The van der Waals surface area contributed by atoms with E-state index in [1.807, 2.05) is 0 Å². The predicted octanol–water partition coefficient (Wildman–Crippen LogP) is 4.79. The molecule has 0 saturated carbocycles. The summed E-state index contributed by atoms with van der Waals surface area (Å²) in [4.78, 5) is 11.2. The summed E-state index contributed by atoms with van der Waals surface area (Å²) in [6.07, 6.45) is -8.42. The second-order valence-electron chi connectivity index (χ2n) is 4.62. The largest absolute Gasteiger partial charge is 0.461 e. The lowest BCUT2D eigenvalue weighted by Gasteiger charge is -2.16. The molecule has 0 unspecified atom stereocenters. The monoisotopic (exact) mass is 312 g/mol. The van der Waals surface area contributed by atoms with Gasteiger partial charge in [0.1, 0.15) is 5.75 Å². The minimum absolute atomic E-state index is 0.0653. The van der Waals surface area contributed by atoms with Crippen LogP contribution in [0.4, 0.5) is 17.6 Å². The van der Waals surface area contributed by atoms with Crippen LogP contribution in [-0.4, -0.2) is 18.3 Å². The molecule has 0 aromatic heterocycles. The van der Waals surface area contributed by atoms with Crippen LogP contribution in [0.5, 0.6) is 5.75 Å². The Labute approximate surface area is 124 Å². The molecule has 116 valence electrons. The highest BCUT2D eigenvalue weighted by Gasteiger charge is 2.43. The molecule has 2 rings (SSSR count). The number of halogens is 4. The van der Waals surface area contributed by atoms with Crippen molar-refractivity contribution in [1.29, 1.82) is 0 Å². The molecule has 0 radical (unpaired) electrons. The number of ketones is 1. The van der Waals surface area contributed by atoms with Crippen molar-refractivity contribution in [3.8, 4) is 16.9 Å². The number of Topliss-reactive ketones (excluding diaryl/α,β-unsaturated/α-hetero) is 1. The normalized spacial score (nSPS) is 11.5. The molecule has 0 atom stereocenters. The summed E-state index contributed by atoms with van der Waals surface area (Å²) in [5.41, 5.74) is 2.00. The van der Waals surface area contributed by atoms with Gasteiger partial charge in [0, 0.05) is 5.56 Å². The average Bonchev–Trinajstić information content (AvgIpc) is 2.47. The van der Waals surface area contributed by atoms with E-state index in [2.05, 4.69) is 4.74 Å². The van der Waals surface area contributed by atoms with Crippen molar-refractivity contribution in [2.45, 2.75) is 19.5 Å². The van der Waals surface area contributed by atoms with E-state index in [9.17, 15) is 22.4 Å². The fraction of sp³-hybridized carbons (Fsp3) is 0.188. The molecule has 6 heteroatoms. The van der Waals surface area contributed by atoms with Crippen molar-refractivity contribution in [2.24, 2.45) is 0 Å². The minimum atomic E-state index is -4.52. The number of ether oxygens (including phenoxy) is 1. The van der Waals surface area contributed by atoms with Gasteiger partial charge in [0.15, 0.2) is 5.78 Å². The number of hydrogen-bond donors (Lipinski definition) is 0. The SMILES string of the molecule is CC(=O)c1ccc(-c2ccc(OC(F)(F)C(F)F)cc2)cc1. The Hall–Kier alpha value is -2.37. The van der Waals surface area contributed by atoms with Crippen LogP contribution in [0.2, 0.25) is 0 Å². The van der Waals surface area contributed by atoms with E-state index in [1.165, 1.54) is 31.2 Å². The lowest BCUT2D eigenvalue weighted by molar-refractivity contribution is -0.253. The van der Waals surface area contributed by atoms with Crippen molar-refractivity contribution < 1.29 is 27.1 Å². The minimum Gasteiger partial charge on any atom is -0.428 e. The number of hydrogen-bond acceptors (Lipinski definition) is 2. The van der Waals surface area contributed by atoms with Gasteiger partial charge in [-0.15, -0.1) is 0 Å². The summed E-state index contributed by atoms with van der Waals surface area (Å²) in [5, 5.41) is 0. The summed E-state index contributed by atoms with van der Waals surface area (Å²) in [7, 11) is 0. The van der Waals surface area contributed by atoms with Crippen molar-refractivity contribution in [1.82, 2.24) is 0 Å². The van der Waals surface area contributed by atoms with Crippen LogP contribution in [0.3, 0.4) is 0 Å². The summed E-state index contributed by atoms with van der Waals surface area (Å²) in [6.45, 7) is 1.45. The third-order valence-electron chi connectivity index (χ3n) is 2.99. The zero-order chi connectivity index (χ0) is 16.3. The van der Waals surface area contributed by atoms with Gasteiger partial charge in [0.2, 0.25) is 0 Å². The highest BCUT2D eigenvalue weighted by atomic mass is 19.3. The Morgan fingerprint density at radius 3 is 1.82 bits per heavy atom. The standard InChI is InChI=1S/C16H12F4O2/c1-10(21)11-2-4-12(5-3-11)13-6-8-14(9-7-13)22-16(19,20)15(17)18/h2-9,15H,1H3. The second-order valence-corrected chi connectivity index (χ2v) is 4.62. The first kappa shape index (κ1) is 16.0. The fourth-order valence-corrected chi connectivity index (χ4v) is 1.81. The van der Waals surface area contributed by atoms with Gasteiger partial charge in [-0.05, 0) is 30.2 Å². The molecule has 0 spiro atoms. The third-order valence-corrected chi connectivity index (χ3v) is 2.99. The van der Waals surface area contributed by atoms with Crippen LogP contribution in [-0.2, 0) is 0 Å². The van der Waals surface area contributed by atoms with Gasteiger partial charge in [-0.25, -0.2) is 0 Å². The lowest BCUT2D eigenvalue weighted by Crippen LogP contribution is -2.33. The van der Waals surface area contributed by atoms with Crippen molar-refractivity contribution in [3.63, 3.8) is 0 Å². The van der Waals surface area contributed by atoms with E-state index in [4.69, 9.17) is 0 Å². The van der Waals surface area contributed by atoms with Gasteiger partial charge < -0.3 is 4.74 Å². The fourth-order valence-electron chi connectivity index (χ4n) is 1.81. The van der Waals surface area contributed by atoms with E-state index >= 15 is 0 Å². The maximum absolute atomic E-state index is 12.8. The van der Waals surface area contributed by atoms with Crippen molar-refractivity contribution in [3.05, 3.63) is 54.1 Å². The highest BCUT2D eigenvalue weighted by Crippen LogP contribution is 2.29. The van der Waals surface area contributed by atoms with E-state index in [-0.39, 0.29) is 11.5 Å². The van der Waals surface area contributed by atoms with E-state index in [1.54, 1.807) is 24.3 Å². The molecule has 22 heavy (non-hydrogen) atoms. The number of carbonyl (C=O) groups excluding carboxylic acids is 1.